The number of rotatable bonds is 3. The SMILES string of the molecule is Cc1ccc2nc(C3CCCN3CC(=O)N3CC(=O)Nc4ccccc43)[nH]c2c1. The first kappa shape index (κ1) is 17.9. The number of nitrogens with one attached hydrogen (secondary N) is 2. The molecule has 0 radical (unpaired) electrons. The Morgan fingerprint density at radius 1 is 1.24 bits per heavy atom. The van der Waals surface area contributed by atoms with Crippen LogP contribution in [-0.4, -0.2) is 46.3 Å². The zero-order valence-corrected chi connectivity index (χ0v) is 16.3. The van der Waals surface area contributed by atoms with Crippen LogP contribution in [0.5, 0.6) is 0 Å². The summed E-state index contributed by atoms with van der Waals surface area (Å²) in [7, 11) is 0. The van der Waals surface area contributed by atoms with Crippen molar-refractivity contribution < 1.29 is 9.59 Å². The zero-order chi connectivity index (χ0) is 20.0. The van der Waals surface area contributed by atoms with Gasteiger partial charge >= 0.3 is 0 Å². The van der Waals surface area contributed by atoms with Gasteiger partial charge in [0.15, 0.2) is 0 Å². The number of benzene rings is 2. The van der Waals surface area contributed by atoms with Gasteiger partial charge in [-0.3, -0.25) is 19.4 Å². The van der Waals surface area contributed by atoms with Crippen LogP contribution in [0.3, 0.4) is 0 Å². The van der Waals surface area contributed by atoms with Gasteiger partial charge in [0, 0.05) is 0 Å². The number of para-hydroxylation sites is 2. The molecule has 5 rings (SSSR count). The van der Waals surface area contributed by atoms with Gasteiger partial charge in [0.05, 0.1) is 35.0 Å². The second-order valence-corrected chi connectivity index (χ2v) is 7.82. The van der Waals surface area contributed by atoms with E-state index < -0.39 is 0 Å². The fraction of sp³-hybridized carbons (Fsp3) is 0.318. The van der Waals surface area contributed by atoms with Crippen molar-refractivity contribution in [2.24, 2.45) is 0 Å². The van der Waals surface area contributed by atoms with Crippen LogP contribution < -0.4 is 10.2 Å². The van der Waals surface area contributed by atoms with E-state index in [1.54, 1.807) is 4.90 Å². The van der Waals surface area contributed by atoms with Gasteiger partial charge in [0.2, 0.25) is 11.8 Å². The average Bonchev–Trinajstić information content (AvgIpc) is 3.33. The number of carbonyl (C=O) groups excluding carboxylic acids is 2. The Bertz CT molecular complexity index is 1110. The molecular weight excluding hydrogens is 366 g/mol. The molecule has 1 fully saturated rings. The fourth-order valence-electron chi connectivity index (χ4n) is 4.34. The van der Waals surface area contributed by atoms with Crippen LogP contribution in [0.2, 0.25) is 0 Å². The van der Waals surface area contributed by atoms with Crippen LogP contribution >= 0.6 is 0 Å². The lowest BCUT2D eigenvalue weighted by Crippen LogP contribution is -2.46. The lowest BCUT2D eigenvalue weighted by atomic mass is 10.2. The second kappa shape index (κ2) is 7.00. The average molecular weight is 389 g/mol. The molecule has 2 aromatic carbocycles. The second-order valence-electron chi connectivity index (χ2n) is 7.82. The smallest absolute Gasteiger partial charge is 0.244 e. The van der Waals surface area contributed by atoms with Gasteiger partial charge in [0.1, 0.15) is 12.4 Å². The lowest BCUT2D eigenvalue weighted by molar-refractivity contribution is -0.122. The number of H-pyrrole nitrogens is 1. The largest absolute Gasteiger partial charge is 0.341 e. The minimum atomic E-state index is -0.164. The number of hydrogen-bond donors (Lipinski definition) is 2. The minimum Gasteiger partial charge on any atom is -0.341 e. The quantitative estimate of drug-likeness (QED) is 0.722. The third-order valence-corrected chi connectivity index (χ3v) is 5.75. The van der Waals surface area contributed by atoms with Crippen molar-refractivity contribution >= 4 is 34.2 Å². The number of fused-ring (bicyclic) bond motifs is 2. The van der Waals surface area contributed by atoms with E-state index in [1.807, 2.05) is 30.3 Å². The van der Waals surface area contributed by atoms with Gasteiger partial charge in [-0.05, 0) is 56.1 Å². The van der Waals surface area contributed by atoms with Gasteiger partial charge in [-0.15, -0.1) is 0 Å². The highest BCUT2D eigenvalue weighted by Gasteiger charge is 2.33. The maximum atomic E-state index is 13.1. The molecule has 2 aliphatic heterocycles. The highest BCUT2D eigenvalue weighted by atomic mass is 16.2. The van der Waals surface area contributed by atoms with E-state index >= 15 is 0 Å². The van der Waals surface area contributed by atoms with Crippen molar-refractivity contribution in [3.05, 3.63) is 53.9 Å². The summed E-state index contributed by atoms with van der Waals surface area (Å²) in [5.41, 5.74) is 4.60. The first-order valence-corrected chi connectivity index (χ1v) is 9.98. The molecule has 3 heterocycles. The number of aryl methyl sites for hydroxylation is 1. The Balaban J connectivity index is 1.38. The first-order chi connectivity index (χ1) is 14.1. The van der Waals surface area contributed by atoms with Crippen molar-refractivity contribution in [3.8, 4) is 0 Å². The molecule has 148 valence electrons. The summed E-state index contributed by atoms with van der Waals surface area (Å²) >= 11 is 0. The van der Waals surface area contributed by atoms with Crippen molar-refractivity contribution in [1.29, 1.82) is 0 Å². The Hall–Kier alpha value is -3.19. The Morgan fingerprint density at radius 2 is 2.10 bits per heavy atom. The van der Waals surface area contributed by atoms with Crippen LogP contribution in [0.25, 0.3) is 11.0 Å². The molecule has 1 atom stereocenters. The highest BCUT2D eigenvalue weighted by molar-refractivity contribution is 6.10. The first-order valence-electron chi connectivity index (χ1n) is 9.98. The number of aromatic nitrogens is 2. The van der Waals surface area contributed by atoms with E-state index in [4.69, 9.17) is 4.98 Å². The predicted molar refractivity (Wildman–Crippen MR) is 112 cm³/mol. The van der Waals surface area contributed by atoms with Crippen LogP contribution in [0.15, 0.2) is 42.5 Å². The molecule has 7 nitrogen and oxygen atoms in total. The molecule has 2 N–H and O–H groups in total. The standard InChI is InChI=1S/C22H23N5O2/c1-14-8-9-15-17(11-14)25-22(24-15)19-7-4-10-26(19)13-21(29)27-12-20(28)23-16-5-2-3-6-18(16)27/h2-3,5-6,8-9,11,19H,4,7,10,12-13H2,1H3,(H,23,28)(H,24,25). The third kappa shape index (κ3) is 3.27. The van der Waals surface area contributed by atoms with Gasteiger partial charge in [-0.2, -0.15) is 0 Å². The number of amides is 2. The molecule has 2 amide bonds. The molecule has 0 saturated carbocycles. The normalized spacial score (nSPS) is 19.4. The van der Waals surface area contributed by atoms with Crippen LogP contribution in [0.1, 0.15) is 30.3 Å². The molecule has 0 bridgehead atoms. The molecule has 0 spiro atoms. The highest BCUT2D eigenvalue weighted by Crippen LogP contribution is 2.33. The number of likely N-dealkylation sites (tertiary alicyclic amines) is 1. The Morgan fingerprint density at radius 3 is 3.00 bits per heavy atom. The molecule has 7 heteroatoms. The molecule has 0 aliphatic carbocycles. The zero-order valence-electron chi connectivity index (χ0n) is 16.3. The summed E-state index contributed by atoms with van der Waals surface area (Å²) in [5.74, 6) is 0.682. The van der Waals surface area contributed by atoms with E-state index in [0.29, 0.717) is 5.69 Å². The number of carbonyl (C=O) groups is 2. The number of hydrogen-bond acceptors (Lipinski definition) is 4. The van der Waals surface area contributed by atoms with Crippen molar-refractivity contribution in [3.63, 3.8) is 0 Å². The van der Waals surface area contributed by atoms with E-state index in [-0.39, 0.29) is 30.9 Å². The summed E-state index contributed by atoms with van der Waals surface area (Å²) in [5, 5.41) is 2.83. The van der Waals surface area contributed by atoms with Crippen LogP contribution in [0, 0.1) is 6.92 Å². The summed E-state index contributed by atoms with van der Waals surface area (Å²) in [4.78, 5) is 37.2. The van der Waals surface area contributed by atoms with Gasteiger partial charge in [-0.1, -0.05) is 18.2 Å². The maximum Gasteiger partial charge on any atom is 0.244 e. The maximum absolute atomic E-state index is 13.1. The van der Waals surface area contributed by atoms with E-state index in [2.05, 4.69) is 34.3 Å². The Kier molecular flexibility index (Phi) is 4.32. The Labute approximate surface area is 168 Å². The lowest BCUT2D eigenvalue weighted by Gasteiger charge is -2.31. The molecule has 2 aliphatic rings. The topological polar surface area (TPSA) is 81.3 Å². The summed E-state index contributed by atoms with van der Waals surface area (Å²) in [6, 6.07) is 13.7. The number of anilines is 2. The van der Waals surface area contributed by atoms with E-state index in [9.17, 15) is 9.59 Å². The summed E-state index contributed by atoms with van der Waals surface area (Å²) in [6.07, 6.45) is 1.98. The predicted octanol–water partition coefficient (Wildman–Crippen LogP) is 2.99. The van der Waals surface area contributed by atoms with Crippen molar-refractivity contribution in [2.75, 3.05) is 29.9 Å². The van der Waals surface area contributed by atoms with Gasteiger partial charge in [0.25, 0.3) is 0 Å². The molecule has 1 aromatic heterocycles. The number of nitrogens with zero attached hydrogens (tertiary/aromatic N) is 3. The molecule has 29 heavy (non-hydrogen) atoms. The van der Waals surface area contributed by atoms with Crippen LogP contribution in [-0.2, 0) is 9.59 Å². The minimum absolute atomic E-state index is 0.0538. The van der Waals surface area contributed by atoms with Gasteiger partial charge < -0.3 is 10.3 Å². The van der Waals surface area contributed by atoms with Crippen LogP contribution in [0.4, 0.5) is 11.4 Å². The van der Waals surface area contributed by atoms with Crippen molar-refractivity contribution in [2.45, 2.75) is 25.8 Å². The molecule has 1 unspecified atom stereocenters. The third-order valence-electron chi connectivity index (χ3n) is 5.75. The number of aromatic amines is 1. The molecule has 3 aromatic rings. The van der Waals surface area contributed by atoms with Gasteiger partial charge in [-0.25, -0.2) is 4.98 Å². The molecular formula is C22H23N5O2. The van der Waals surface area contributed by atoms with E-state index in [0.717, 1.165) is 41.9 Å². The van der Waals surface area contributed by atoms with Crippen molar-refractivity contribution in [1.82, 2.24) is 14.9 Å². The van der Waals surface area contributed by atoms with E-state index in [1.165, 1.54) is 5.56 Å². The molecule has 1 saturated heterocycles. The summed E-state index contributed by atoms with van der Waals surface area (Å²) in [6.45, 7) is 3.22. The number of imidazole rings is 1. The monoisotopic (exact) mass is 389 g/mol. The summed E-state index contributed by atoms with van der Waals surface area (Å²) < 4.78 is 0. The fourth-order valence-corrected chi connectivity index (χ4v) is 4.34.